The number of aromatic nitrogens is 1. The van der Waals surface area contributed by atoms with Gasteiger partial charge in [0.2, 0.25) is 5.91 Å². The molecular formula is C14H25N3O2. The summed E-state index contributed by atoms with van der Waals surface area (Å²) in [5.41, 5.74) is 7.19. The highest BCUT2D eigenvalue weighted by Crippen LogP contribution is 2.28. The lowest BCUT2D eigenvalue weighted by Gasteiger charge is -2.33. The van der Waals surface area contributed by atoms with Crippen molar-refractivity contribution in [3.63, 3.8) is 0 Å². The van der Waals surface area contributed by atoms with E-state index >= 15 is 0 Å². The summed E-state index contributed by atoms with van der Waals surface area (Å²) in [4.78, 5) is 14.3. The van der Waals surface area contributed by atoms with Crippen LogP contribution < -0.4 is 5.73 Å². The standard InChI is InChI=1S/C14H25N3O2/c1-6-14(7-2,9-15)13(18)17(5)8-12-10(3)16-19-11(12)4/h6-9,15H2,1-5H3. The molecule has 0 spiro atoms. The van der Waals surface area contributed by atoms with E-state index in [2.05, 4.69) is 5.16 Å². The van der Waals surface area contributed by atoms with Crippen LogP contribution in [-0.4, -0.2) is 29.6 Å². The lowest BCUT2D eigenvalue weighted by atomic mass is 9.81. The molecule has 0 saturated carbocycles. The first kappa shape index (κ1) is 15.7. The van der Waals surface area contributed by atoms with Gasteiger partial charge in [-0.25, -0.2) is 0 Å². The van der Waals surface area contributed by atoms with Gasteiger partial charge in [-0.3, -0.25) is 4.79 Å². The van der Waals surface area contributed by atoms with Gasteiger partial charge in [0, 0.05) is 19.2 Å². The van der Waals surface area contributed by atoms with Crippen molar-refractivity contribution in [1.82, 2.24) is 10.1 Å². The number of nitrogens with zero attached hydrogens (tertiary/aromatic N) is 2. The van der Waals surface area contributed by atoms with E-state index in [0.29, 0.717) is 13.1 Å². The predicted molar refractivity (Wildman–Crippen MR) is 74.5 cm³/mol. The number of nitrogens with two attached hydrogens (primary N) is 1. The molecule has 1 aromatic heterocycles. The molecule has 19 heavy (non-hydrogen) atoms. The van der Waals surface area contributed by atoms with Gasteiger partial charge in [0.15, 0.2) is 0 Å². The third-order valence-corrected chi connectivity index (χ3v) is 4.12. The average molecular weight is 267 g/mol. The van der Waals surface area contributed by atoms with Crippen LogP contribution >= 0.6 is 0 Å². The van der Waals surface area contributed by atoms with Gasteiger partial charge < -0.3 is 15.2 Å². The first-order valence-corrected chi connectivity index (χ1v) is 6.79. The summed E-state index contributed by atoms with van der Waals surface area (Å²) < 4.78 is 5.13. The highest BCUT2D eigenvalue weighted by Gasteiger charge is 2.35. The minimum atomic E-state index is -0.451. The molecule has 108 valence electrons. The monoisotopic (exact) mass is 267 g/mol. The average Bonchev–Trinajstić information content (AvgIpc) is 2.73. The zero-order valence-electron chi connectivity index (χ0n) is 12.6. The van der Waals surface area contributed by atoms with Crippen molar-refractivity contribution >= 4 is 5.91 Å². The minimum absolute atomic E-state index is 0.0972. The molecule has 5 heteroatoms. The Morgan fingerprint density at radius 2 is 1.95 bits per heavy atom. The summed E-state index contributed by atoms with van der Waals surface area (Å²) in [5, 5.41) is 3.91. The maximum absolute atomic E-state index is 12.6. The normalized spacial score (nSPS) is 11.7. The molecule has 0 atom stereocenters. The second kappa shape index (κ2) is 6.19. The van der Waals surface area contributed by atoms with Crippen molar-refractivity contribution in [2.75, 3.05) is 13.6 Å². The molecule has 0 saturated heterocycles. The van der Waals surface area contributed by atoms with Crippen molar-refractivity contribution < 1.29 is 9.32 Å². The molecule has 0 aliphatic heterocycles. The van der Waals surface area contributed by atoms with Gasteiger partial charge in [0.25, 0.3) is 0 Å². The van der Waals surface area contributed by atoms with Crippen LogP contribution in [0.3, 0.4) is 0 Å². The fourth-order valence-corrected chi connectivity index (χ4v) is 2.37. The van der Waals surface area contributed by atoms with E-state index in [1.54, 1.807) is 4.90 Å². The van der Waals surface area contributed by atoms with Crippen LogP contribution in [0.25, 0.3) is 0 Å². The molecule has 2 N–H and O–H groups in total. The Hall–Kier alpha value is -1.36. The Kier molecular flexibility index (Phi) is 5.11. The van der Waals surface area contributed by atoms with Crippen molar-refractivity contribution in [3.05, 3.63) is 17.0 Å². The summed E-state index contributed by atoms with van der Waals surface area (Å²) in [5.74, 6) is 0.864. The van der Waals surface area contributed by atoms with Crippen molar-refractivity contribution in [1.29, 1.82) is 0 Å². The summed E-state index contributed by atoms with van der Waals surface area (Å²) in [6.45, 7) is 8.67. The zero-order valence-corrected chi connectivity index (χ0v) is 12.6. The minimum Gasteiger partial charge on any atom is -0.361 e. The molecule has 5 nitrogen and oxygen atoms in total. The molecule has 0 fully saturated rings. The van der Waals surface area contributed by atoms with Crippen LogP contribution in [0, 0.1) is 19.3 Å². The number of hydrogen-bond donors (Lipinski definition) is 1. The van der Waals surface area contributed by atoms with Crippen molar-refractivity contribution in [2.45, 2.75) is 47.1 Å². The maximum Gasteiger partial charge on any atom is 0.230 e. The molecule has 1 rings (SSSR count). The van der Waals surface area contributed by atoms with Gasteiger partial charge in [-0.15, -0.1) is 0 Å². The largest absolute Gasteiger partial charge is 0.361 e. The van der Waals surface area contributed by atoms with E-state index in [9.17, 15) is 4.79 Å². The Labute approximate surface area is 115 Å². The zero-order chi connectivity index (χ0) is 14.6. The van der Waals surface area contributed by atoms with Gasteiger partial charge in [-0.1, -0.05) is 19.0 Å². The van der Waals surface area contributed by atoms with E-state index < -0.39 is 5.41 Å². The van der Waals surface area contributed by atoms with Crippen LogP contribution in [0.15, 0.2) is 4.52 Å². The van der Waals surface area contributed by atoms with E-state index in [-0.39, 0.29) is 5.91 Å². The highest BCUT2D eigenvalue weighted by atomic mass is 16.5. The van der Waals surface area contributed by atoms with Gasteiger partial charge >= 0.3 is 0 Å². The third-order valence-electron chi connectivity index (χ3n) is 4.12. The molecule has 1 aromatic rings. The summed E-state index contributed by atoms with van der Waals surface area (Å²) in [7, 11) is 1.81. The Balaban J connectivity index is 2.89. The third kappa shape index (κ3) is 2.97. The highest BCUT2D eigenvalue weighted by molar-refractivity contribution is 5.82. The summed E-state index contributed by atoms with van der Waals surface area (Å²) in [6.07, 6.45) is 1.51. The number of rotatable bonds is 6. The SMILES string of the molecule is CCC(CC)(CN)C(=O)N(C)Cc1c(C)noc1C. The van der Waals surface area contributed by atoms with Crippen LogP contribution in [0.4, 0.5) is 0 Å². The lowest BCUT2D eigenvalue weighted by molar-refractivity contribution is -0.141. The molecule has 0 aromatic carbocycles. The van der Waals surface area contributed by atoms with Gasteiger partial charge in [0.05, 0.1) is 17.7 Å². The van der Waals surface area contributed by atoms with Crippen LogP contribution in [0.2, 0.25) is 0 Å². The molecular weight excluding hydrogens is 242 g/mol. The number of carbonyl (C=O) groups is 1. The maximum atomic E-state index is 12.6. The Bertz CT molecular complexity index is 408. The summed E-state index contributed by atoms with van der Waals surface area (Å²) in [6, 6.07) is 0. The molecule has 0 aliphatic rings. The molecule has 0 aliphatic carbocycles. The number of amides is 1. The predicted octanol–water partition coefficient (Wildman–Crippen LogP) is 2.01. The van der Waals surface area contributed by atoms with E-state index in [4.69, 9.17) is 10.3 Å². The molecule has 1 heterocycles. The second-order valence-corrected chi connectivity index (χ2v) is 5.16. The first-order chi connectivity index (χ1) is 8.91. The summed E-state index contributed by atoms with van der Waals surface area (Å²) >= 11 is 0. The first-order valence-electron chi connectivity index (χ1n) is 6.79. The molecule has 0 unspecified atom stereocenters. The van der Waals surface area contributed by atoms with E-state index in [0.717, 1.165) is 29.9 Å². The van der Waals surface area contributed by atoms with E-state index in [1.807, 2.05) is 34.7 Å². The van der Waals surface area contributed by atoms with Crippen LogP contribution in [0.1, 0.15) is 43.7 Å². The van der Waals surface area contributed by atoms with Gasteiger partial charge in [-0.2, -0.15) is 0 Å². The molecule has 1 amide bonds. The topological polar surface area (TPSA) is 72.4 Å². The van der Waals surface area contributed by atoms with Crippen LogP contribution in [0.5, 0.6) is 0 Å². The van der Waals surface area contributed by atoms with Gasteiger partial charge in [-0.05, 0) is 26.7 Å². The van der Waals surface area contributed by atoms with Crippen molar-refractivity contribution in [3.8, 4) is 0 Å². The van der Waals surface area contributed by atoms with Crippen LogP contribution in [-0.2, 0) is 11.3 Å². The van der Waals surface area contributed by atoms with Gasteiger partial charge in [0.1, 0.15) is 5.76 Å². The second-order valence-electron chi connectivity index (χ2n) is 5.16. The Morgan fingerprint density at radius 1 is 1.37 bits per heavy atom. The number of hydrogen-bond acceptors (Lipinski definition) is 4. The quantitative estimate of drug-likeness (QED) is 0.855. The Morgan fingerprint density at radius 3 is 2.32 bits per heavy atom. The molecule has 0 radical (unpaired) electrons. The lowest BCUT2D eigenvalue weighted by Crippen LogP contribution is -2.45. The number of aryl methyl sites for hydroxylation is 2. The fraction of sp³-hybridized carbons (Fsp3) is 0.714. The smallest absolute Gasteiger partial charge is 0.230 e. The van der Waals surface area contributed by atoms with E-state index in [1.165, 1.54) is 0 Å². The van der Waals surface area contributed by atoms with Crippen molar-refractivity contribution in [2.24, 2.45) is 11.1 Å². The molecule has 0 bridgehead atoms. The fourth-order valence-electron chi connectivity index (χ4n) is 2.37. The number of carbonyl (C=O) groups excluding carboxylic acids is 1.